The Bertz CT molecular complexity index is 730. The molecule has 6 heteroatoms. The molecule has 6 nitrogen and oxygen atoms in total. The van der Waals surface area contributed by atoms with E-state index in [-0.39, 0.29) is 13.0 Å². The molecular formula is C19H21NO5. The third-order valence-electron chi connectivity index (χ3n) is 3.74. The van der Waals surface area contributed by atoms with Crippen LogP contribution in [0.4, 0.5) is 4.79 Å². The van der Waals surface area contributed by atoms with Crippen LogP contribution >= 0.6 is 0 Å². The van der Waals surface area contributed by atoms with Gasteiger partial charge in [-0.25, -0.2) is 4.79 Å². The van der Waals surface area contributed by atoms with E-state index < -0.39 is 18.1 Å². The number of carboxylic acid groups (broad SMARTS) is 1. The minimum Gasteiger partial charge on any atom is -0.497 e. The van der Waals surface area contributed by atoms with E-state index in [1.807, 2.05) is 37.3 Å². The fourth-order valence-corrected chi connectivity index (χ4v) is 2.49. The lowest BCUT2D eigenvalue weighted by Crippen LogP contribution is -2.31. The summed E-state index contributed by atoms with van der Waals surface area (Å²) in [4.78, 5) is 23.2. The van der Waals surface area contributed by atoms with Gasteiger partial charge >= 0.3 is 12.1 Å². The SMILES string of the molecule is COc1ccc([C@H](CC(=O)O)NC(=O)OCc2ccccc2)c(C)c1. The number of aryl methyl sites for hydroxylation is 1. The first-order chi connectivity index (χ1) is 12.0. The average Bonchev–Trinajstić information content (AvgIpc) is 2.59. The molecule has 0 saturated heterocycles. The van der Waals surface area contributed by atoms with Gasteiger partial charge < -0.3 is 19.9 Å². The fourth-order valence-electron chi connectivity index (χ4n) is 2.49. The molecule has 2 N–H and O–H groups in total. The molecule has 1 atom stereocenters. The molecule has 0 unspecified atom stereocenters. The molecule has 0 aromatic heterocycles. The molecule has 0 radical (unpaired) electrons. The Balaban J connectivity index is 2.06. The molecule has 0 spiro atoms. The van der Waals surface area contributed by atoms with Crippen LogP contribution in [0.2, 0.25) is 0 Å². The van der Waals surface area contributed by atoms with E-state index in [9.17, 15) is 9.59 Å². The Morgan fingerprint density at radius 3 is 2.48 bits per heavy atom. The molecule has 0 aliphatic heterocycles. The first-order valence-corrected chi connectivity index (χ1v) is 7.83. The van der Waals surface area contributed by atoms with Gasteiger partial charge in [0.2, 0.25) is 0 Å². The summed E-state index contributed by atoms with van der Waals surface area (Å²) in [6.07, 6.45) is -0.904. The summed E-state index contributed by atoms with van der Waals surface area (Å²) in [5.41, 5.74) is 2.39. The third-order valence-corrected chi connectivity index (χ3v) is 3.74. The van der Waals surface area contributed by atoms with E-state index in [2.05, 4.69) is 5.32 Å². The topological polar surface area (TPSA) is 84.9 Å². The highest BCUT2D eigenvalue weighted by Crippen LogP contribution is 2.25. The van der Waals surface area contributed by atoms with Crippen molar-refractivity contribution in [3.05, 3.63) is 65.2 Å². The van der Waals surface area contributed by atoms with Crippen molar-refractivity contribution in [1.29, 1.82) is 0 Å². The average molecular weight is 343 g/mol. The molecule has 0 aliphatic rings. The predicted molar refractivity (Wildman–Crippen MR) is 92.5 cm³/mol. The van der Waals surface area contributed by atoms with Crippen molar-refractivity contribution in [3.63, 3.8) is 0 Å². The first-order valence-electron chi connectivity index (χ1n) is 7.83. The molecule has 2 rings (SSSR count). The summed E-state index contributed by atoms with van der Waals surface area (Å²) in [5.74, 6) is -0.342. The number of amides is 1. The lowest BCUT2D eigenvalue weighted by atomic mass is 9.98. The van der Waals surface area contributed by atoms with Crippen LogP contribution in [-0.2, 0) is 16.1 Å². The van der Waals surface area contributed by atoms with E-state index in [0.29, 0.717) is 11.3 Å². The molecule has 0 saturated carbocycles. The number of carbonyl (C=O) groups is 2. The van der Waals surface area contributed by atoms with Gasteiger partial charge in [0.05, 0.1) is 19.6 Å². The number of rotatable bonds is 7. The molecule has 0 bridgehead atoms. The summed E-state index contributed by atoms with van der Waals surface area (Å²) < 4.78 is 10.3. The van der Waals surface area contributed by atoms with Gasteiger partial charge in [-0.1, -0.05) is 36.4 Å². The maximum absolute atomic E-state index is 12.1. The summed E-state index contributed by atoms with van der Waals surface area (Å²) in [6, 6.07) is 13.8. The van der Waals surface area contributed by atoms with Crippen LogP contribution in [0, 0.1) is 6.92 Å². The van der Waals surface area contributed by atoms with Gasteiger partial charge in [0.25, 0.3) is 0 Å². The zero-order chi connectivity index (χ0) is 18.2. The number of aliphatic carboxylic acids is 1. The van der Waals surface area contributed by atoms with Crippen molar-refractivity contribution < 1.29 is 24.2 Å². The molecule has 1 amide bonds. The van der Waals surface area contributed by atoms with Crippen LogP contribution in [0.1, 0.15) is 29.2 Å². The second-order valence-electron chi connectivity index (χ2n) is 5.58. The zero-order valence-electron chi connectivity index (χ0n) is 14.2. The number of carboxylic acids is 1. The Labute approximate surface area is 146 Å². The van der Waals surface area contributed by atoms with Gasteiger partial charge in [-0.3, -0.25) is 4.79 Å². The molecule has 2 aromatic carbocycles. The summed E-state index contributed by atoms with van der Waals surface area (Å²) in [6.45, 7) is 1.96. The molecule has 0 heterocycles. The van der Waals surface area contributed by atoms with Crippen molar-refractivity contribution in [1.82, 2.24) is 5.32 Å². The van der Waals surface area contributed by atoms with Crippen LogP contribution in [0.3, 0.4) is 0 Å². The number of hydrogen-bond acceptors (Lipinski definition) is 4. The number of benzene rings is 2. The zero-order valence-corrected chi connectivity index (χ0v) is 14.2. The smallest absolute Gasteiger partial charge is 0.407 e. The van der Waals surface area contributed by atoms with E-state index >= 15 is 0 Å². The van der Waals surface area contributed by atoms with Crippen LogP contribution in [0.15, 0.2) is 48.5 Å². The number of ether oxygens (including phenoxy) is 2. The Morgan fingerprint density at radius 2 is 1.88 bits per heavy atom. The number of carbonyl (C=O) groups excluding carboxylic acids is 1. The monoisotopic (exact) mass is 343 g/mol. The van der Waals surface area contributed by atoms with Crippen molar-refractivity contribution in [3.8, 4) is 5.75 Å². The second-order valence-corrected chi connectivity index (χ2v) is 5.58. The van der Waals surface area contributed by atoms with E-state index in [1.54, 1.807) is 25.3 Å². The Hall–Kier alpha value is -3.02. The first kappa shape index (κ1) is 18.3. The molecule has 2 aromatic rings. The van der Waals surface area contributed by atoms with E-state index in [1.165, 1.54) is 0 Å². The molecule has 0 aliphatic carbocycles. The van der Waals surface area contributed by atoms with Crippen LogP contribution in [0.25, 0.3) is 0 Å². The normalized spacial score (nSPS) is 11.4. The predicted octanol–water partition coefficient (Wildman–Crippen LogP) is 3.45. The van der Waals surface area contributed by atoms with Crippen LogP contribution in [-0.4, -0.2) is 24.3 Å². The van der Waals surface area contributed by atoms with Crippen molar-refractivity contribution in [2.45, 2.75) is 26.0 Å². The number of alkyl carbamates (subject to hydrolysis) is 1. The minimum absolute atomic E-state index is 0.119. The molecule has 25 heavy (non-hydrogen) atoms. The lowest BCUT2D eigenvalue weighted by molar-refractivity contribution is -0.137. The van der Waals surface area contributed by atoms with Crippen molar-refractivity contribution in [2.75, 3.05) is 7.11 Å². The second kappa shape index (κ2) is 8.73. The highest BCUT2D eigenvalue weighted by Gasteiger charge is 2.21. The van der Waals surface area contributed by atoms with Gasteiger partial charge in [0.15, 0.2) is 0 Å². The summed E-state index contributed by atoms with van der Waals surface area (Å²) in [7, 11) is 1.56. The Kier molecular flexibility index (Phi) is 6.39. The number of methoxy groups -OCH3 is 1. The highest BCUT2D eigenvalue weighted by atomic mass is 16.5. The quantitative estimate of drug-likeness (QED) is 0.804. The van der Waals surface area contributed by atoms with E-state index in [0.717, 1.165) is 11.1 Å². The van der Waals surface area contributed by atoms with Crippen molar-refractivity contribution >= 4 is 12.1 Å². The maximum atomic E-state index is 12.1. The summed E-state index contributed by atoms with van der Waals surface area (Å²) in [5, 5.41) is 11.8. The molecular weight excluding hydrogens is 322 g/mol. The van der Waals surface area contributed by atoms with Gasteiger partial charge in [-0.15, -0.1) is 0 Å². The molecule has 0 fully saturated rings. The fraction of sp³-hybridized carbons (Fsp3) is 0.263. The Morgan fingerprint density at radius 1 is 1.16 bits per heavy atom. The largest absolute Gasteiger partial charge is 0.497 e. The highest BCUT2D eigenvalue weighted by molar-refractivity contribution is 5.72. The van der Waals surface area contributed by atoms with Crippen LogP contribution in [0.5, 0.6) is 5.75 Å². The van der Waals surface area contributed by atoms with Gasteiger partial charge in [0, 0.05) is 0 Å². The van der Waals surface area contributed by atoms with E-state index in [4.69, 9.17) is 14.6 Å². The number of hydrogen-bond donors (Lipinski definition) is 2. The van der Waals surface area contributed by atoms with Crippen molar-refractivity contribution in [2.24, 2.45) is 0 Å². The van der Waals surface area contributed by atoms with Gasteiger partial charge in [0.1, 0.15) is 12.4 Å². The van der Waals surface area contributed by atoms with Gasteiger partial charge in [-0.2, -0.15) is 0 Å². The minimum atomic E-state index is -1.01. The van der Waals surface area contributed by atoms with Gasteiger partial charge in [-0.05, 0) is 35.7 Å². The number of nitrogens with one attached hydrogen (secondary N) is 1. The summed E-state index contributed by atoms with van der Waals surface area (Å²) >= 11 is 0. The lowest BCUT2D eigenvalue weighted by Gasteiger charge is -2.20. The maximum Gasteiger partial charge on any atom is 0.407 e. The molecule has 132 valence electrons. The standard InChI is InChI=1S/C19H21NO5/c1-13-10-15(24-2)8-9-16(13)17(11-18(21)22)20-19(23)25-12-14-6-4-3-5-7-14/h3-10,17H,11-12H2,1-2H3,(H,20,23)(H,21,22)/t17-/m0/s1. The van der Waals surface area contributed by atoms with Crippen LogP contribution < -0.4 is 10.1 Å². The third kappa shape index (κ3) is 5.53.